The van der Waals surface area contributed by atoms with Crippen molar-refractivity contribution in [2.75, 3.05) is 11.6 Å². The fourth-order valence-corrected chi connectivity index (χ4v) is 2.83. The van der Waals surface area contributed by atoms with Crippen LogP contribution in [0, 0.1) is 0 Å². The Morgan fingerprint density at radius 2 is 1.67 bits per heavy atom. The normalized spacial score (nSPS) is 12.3. The summed E-state index contributed by atoms with van der Waals surface area (Å²) in [5, 5.41) is 12.3. The molecule has 2 amide bonds. The first-order valence-corrected chi connectivity index (χ1v) is 10.0. The SMILES string of the molecule is CS(=O)(=O)c1nnc([C@H](Cc2ccccc2)NC(=O)Nc2ccccc2)o1. The van der Waals surface area contributed by atoms with Crippen molar-refractivity contribution in [1.29, 1.82) is 0 Å². The number of benzene rings is 2. The largest absolute Gasteiger partial charge is 0.410 e. The van der Waals surface area contributed by atoms with E-state index in [2.05, 4.69) is 20.8 Å². The van der Waals surface area contributed by atoms with Crippen molar-refractivity contribution < 1.29 is 17.6 Å². The van der Waals surface area contributed by atoms with Gasteiger partial charge in [-0.2, -0.15) is 0 Å². The van der Waals surface area contributed by atoms with Gasteiger partial charge in [0, 0.05) is 18.4 Å². The average Bonchev–Trinajstić information content (AvgIpc) is 3.13. The Bertz CT molecular complexity index is 1000. The summed E-state index contributed by atoms with van der Waals surface area (Å²) in [7, 11) is -3.63. The molecule has 0 spiro atoms. The molecule has 1 aromatic heterocycles. The number of anilines is 1. The van der Waals surface area contributed by atoms with E-state index in [1.54, 1.807) is 24.3 Å². The summed E-state index contributed by atoms with van der Waals surface area (Å²) >= 11 is 0. The van der Waals surface area contributed by atoms with Crippen molar-refractivity contribution in [3.05, 3.63) is 72.1 Å². The number of amides is 2. The third-order valence-corrected chi connectivity index (χ3v) is 4.46. The van der Waals surface area contributed by atoms with Crippen molar-refractivity contribution in [2.24, 2.45) is 0 Å². The summed E-state index contributed by atoms with van der Waals surface area (Å²) in [6.07, 6.45) is 1.33. The zero-order chi connectivity index (χ0) is 19.3. The van der Waals surface area contributed by atoms with Gasteiger partial charge in [-0.1, -0.05) is 53.6 Å². The smallest absolute Gasteiger partial charge is 0.335 e. The molecule has 1 heterocycles. The molecule has 1 atom stereocenters. The van der Waals surface area contributed by atoms with Crippen molar-refractivity contribution in [1.82, 2.24) is 15.5 Å². The van der Waals surface area contributed by atoms with Gasteiger partial charge in [0.15, 0.2) is 0 Å². The highest BCUT2D eigenvalue weighted by molar-refractivity contribution is 7.90. The molecule has 0 bridgehead atoms. The minimum absolute atomic E-state index is 0.0162. The molecule has 3 rings (SSSR count). The Labute approximate surface area is 156 Å². The van der Waals surface area contributed by atoms with Gasteiger partial charge in [-0.3, -0.25) is 0 Å². The summed E-state index contributed by atoms with van der Waals surface area (Å²) in [4.78, 5) is 12.4. The highest BCUT2D eigenvalue weighted by atomic mass is 32.2. The highest BCUT2D eigenvalue weighted by Crippen LogP contribution is 2.19. The topological polar surface area (TPSA) is 114 Å². The average molecular weight is 386 g/mol. The fourth-order valence-electron chi connectivity index (χ4n) is 2.41. The fraction of sp³-hybridized carbons (Fsp3) is 0.167. The minimum Gasteiger partial charge on any atom is -0.410 e. The number of hydrogen-bond donors (Lipinski definition) is 2. The van der Waals surface area contributed by atoms with Gasteiger partial charge in [-0.05, 0) is 17.7 Å². The van der Waals surface area contributed by atoms with E-state index in [1.165, 1.54) is 0 Å². The predicted molar refractivity (Wildman–Crippen MR) is 98.9 cm³/mol. The molecule has 0 aliphatic carbocycles. The summed E-state index contributed by atoms with van der Waals surface area (Å²) in [6.45, 7) is 0. The Morgan fingerprint density at radius 1 is 1.04 bits per heavy atom. The van der Waals surface area contributed by atoms with Crippen molar-refractivity contribution >= 4 is 21.6 Å². The molecule has 0 aliphatic heterocycles. The second-order valence-corrected chi connectivity index (χ2v) is 7.78. The van der Waals surface area contributed by atoms with E-state index in [0.29, 0.717) is 12.1 Å². The lowest BCUT2D eigenvalue weighted by molar-refractivity contribution is 0.244. The van der Waals surface area contributed by atoms with Crippen LogP contribution >= 0.6 is 0 Å². The maximum atomic E-state index is 12.4. The Balaban J connectivity index is 1.81. The van der Waals surface area contributed by atoms with E-state index in [0.717, 1.165) is 11.8 Å². The molecule has 9 heteroatoms. The number of sulfone groups is 1. The van der Waals surface area contributed by atoms with Crippen LogP contribution in [0.2, 0.25) is 0 Å². The Hall–Kier alpha value is -3.20. The van der Waals surface area contributed by atoms with Crippen LogP contribution in [-0.4, -0.2) is 30.9 Å². The van der Waals surface area contributed by atoms with Gasteiger partial charge in [-0.15, -0.1) is 5.10 Å². The van der Waals surface area contributed by atoms with Gasteiger partial charge in [0.2, 0.25) is 15.7 Å². The van der Waals surface area contributed by atoms with Crippen LogP contribution in [0.5, 0.6) is 0 Å². The molecular formula is C18H18N4O4S. The molecule has 140 valence electrons. The first kappa shape index (κ1) is 18.6. The molecular weight excluding hydrogens is 368 g/mol. The number of rotatable bonds is 6. The second-order valence-electron chi connectivity index (χ2n) is 5.89. The molecule has 0 unspecified atom stereocenters. The second kappa shape index (κ2) is 8.00. The standard InChI is InChI=1S/C18H18N4O4S/c1-27(24,25)18-22-21-16(26-18)15(12-13-8-4-2-5-9-13)20-17(23)19-14-10-6-3-7-11-14/h2-11,15H,12H2,1H3,(H2,19,20,23)/t15-/m0/s1. The van der Waals surface area contributed by atoms with E-state index in [-0.39, 0.29) is 5.89 Å². The van der Waals surface area contributed by atoms with E-state index in [9.17, 15) is 13.2 Å². The molecule has 8 nitrogen and oxygen atoms in total. The van der Waals surface area contributed by atoms with E-state index < -0.39 is 27.1 Å². The van der Waals surface area contributed by atoms with Gasteiger partial charge < -0.3 is 15.1 Å². The Morgan fingerprint density at radius 3 is 2.26 bits per heavy atom. The van der Waals surface area contributed by atoms with Crippen molar-refractivity contribution in [3.8, 4) is 0 Å². The van der Waals surface area contributed by atoms with Crippen LogP contribution in [0.25, 0.3) is 0 Å². The lowest BCUT2D eigenvalue weighted by atomic mass is 10.1. The molecule has 0 radical (unpaired) electrons. The highest BCUT2D eigenvalue weighted by Gasteiger charge is 2.24. The number of aromatic nitrogens is 2. The first-order valence-electron chi connectivity index (χ1n) is 8.12. The summed E-state index contributed by atoms with van der Waals surface area (Å²) in [5.74, 6) is 0.0162. The van der Waals surface area contributed by atoms with Gasteiger partial charge in [-0.25, -0.2) is 13.2 Å². The van der Waals surface area contributed by atoms with Crippen LogP contribution in [0.1, 0.15) is 17.5 Å². The quantitative estimate of drug-likeness (QED) is 0.673. The molecule has 0 saturated carbocycles. The molecule has 0 fully saturated rings. The maximum absolute atomic E-state index is 12.4. The van der Waals surface area contributed by atoms with Gasteiger partial charge in [0.1, 0.15) is 6.04 Å². The number of nitrogens with one attached hydrogen (secondary N) is 2. The molecule has 0 aliphatic rings. The van der Waals surface area contributed by atoms with Crippen LogP contribution < -0.4 is 10.6 Å². The van der Waals surface area contributed by atoms with Crippen LogP contribution in [0.15, 0.2) is 70.3 Å². The number of hydrogen-bond acceptors (Lipinski definition) is 6. The molecule has 27 heavy (non-hydrogen) atoms. The summed E-state index contributed by atoms with van der Waals surface area (Å²) in [6, 6.07) is 17.2. The third kappa shape index (κ3) is 5.14. The van der Waals surface area contributed by atoms with Crippen molar-refractivity contribution in [2.45, 2.75) is 17.7 Å². The number of carbonyl (C=O) groups excluding carboxylic acids is 1. The predicted octanol–water partition coefficient (Wildman–Crippen LogP) is 2.58. The van der Waals surface area contributed by atoms with Crippen molar-refractivity contribution in [3.63, 3.8) is 0 Å². The molecule has 2 aromatic carbocycles. The lowest BCUT2D eigenvalue weighted by Crippen LogP contribution is -2.34. The van der Waals surface area contributed by atoms with Crippen LogP contribution in [-0.2, 0) is 16.3 Å². The lowest BCUT2D eigenvalue weighted by Gasteiger charge is -2.16. The molecule has 2 N–H and O–H groups in total. The maximum Gasteiger partial charge on any atom is 0.335 e. The zero-order valence-corrected chi connectivity index (χ0v) is 15.3. The summed E-state index contributed by atoms with van der Waals surface area (Å²) in [5.41, 5.74) is 1.54. The third-order valence-electron chi connectivity index (χ3n) is 3.66. The molecule has 3 aromatic rings. The molecule has 0 saturated heterocycles. The van der Waals surface area contributed by atoms with Gasteiger partial charge in [0.05, 0.1) is 0 Å². The van der Waals surface area contributed by atoms with Gasteiger partial charge in [0.25, 0.3) is 0 Å². The number of nitrogens with zero attached hydrogens (tertiary/aromatic N) is 2. The monoisotopic (exact) mass is 386 g/mol. The number of carbonyl (C=O) groups is 1. The van der Waals surface area contributed by atoms with E-state index in [1.807, 2.05) is 36.4 Å². The summed E-state index contributed by atoms with van der Waals surface area (Å²) < 4.78 is 28.5. The number of para-hydroxylation sites is 1. The van der Waals surface area contributed by atoms with E-state index >= 15 is 0 Å². The zero-order valence-electron chi connectivity index (χ0n) is 14.5. The van der Waals surface area contributed by atoms with Gasteiger partial charge >= 0.3 is 11.3 Å². The number of urea groups is 1. The first-order chi connectivity index (χ1) is 12.9. The minimum atomic E-state index is -3.63. The van der Waals surface area contributed by atoms with E-state index in [4.69, 9.17) is 4.42 Å². The van der Waals surface area contributed by atoms with Crippen LogP contribution in [0.4, 0.5) is 10.5 Å². The van der Waals surface area contributed by atoms with Crippen LogP contribution in [0.3, 0.4) is 0 Å². The Kier molecular flexibility index (Phi) is 5.51.